The molecule has 0 atom stereocenters. The normalized spacial score (nSPS) is 17.2. The van der Waals surface area contributed by atoms with E-state index in [1.54, 1.807) is 4.90 Å². The lowest BCUT2D eigenvalue weighted by Crippen LogP contribution is -2.37. The van der Waals surface area contributed by atoms with E-state index >= 15 is 0 Å². The molecule has 0 spiro atoms. The molecule has 0 saturated heterocycles. The van der Waals surface area contributed by atoms with Gasteiger partial charge >= 0.3 is 6.03 Å². The zero-order valence-electron chi connectivity index (χ0n) is 9.83. The lowest BCUT2D eigenvalue weighted by atomic mass is 10.1. The molecule has 15 heavy (non-hydrogen) atoms. The van der Waals surface area contributed by atoms with E-state index in [9.17, 15) is 4.79 Å². The average Bonchev–Trinajstić information content (AvgIpc) is 2.72. The Morgan fingerprint density at radius 3 is 2.47 bits per heavy atom. The number of amides is 2. The fourth-order valence-electron chi connectivity index (χ4n) is 2.01. The van der Waals surface area contributed by atoms with Crippen molar-refractivity contribution >= 4 is 6.03 Å². The van der Waals surface area contributed by atoms with Gasteiger partial charge in [-0.25, -0.2) is 4.79 Å². The molecule has 1 rings (SSSR count). The van der Waals surface area contributed by atoms with Gasteiger partial charge in [0.05, 0.1) is 0 Å². The first-order chi connectivity index (χ1) is 7.27. The summed E-state index contributed by atoms with van der Waals surface area (Å²) in [4.78, 5) is 13.3. The quantitative estimate of drug-likeness (QED) is 0.760. The van der Waals surface area contributed by atoms with Gasteiger partial charge in [-0.15, -0.1) is 0 Å². The van der Waals surface area contributed by atoms with Crippen LogP contribution in [0.25, 0.3) is 0 Å². The van der Waals surface area contributed by atoms with E-state index in [-0.39, 0.29) is 6.03 Å². The van der Waals surface area contributed by atoms with Gasteiger partial charge < -0.3 is 10.2 Å². The Morgan fingerprint density at radius 2 is 1.93 bits per heavy atom. The van der Waals surface area contributed by atoms with Crippen LogP contribution in [0, 0.1) is 5.92 Å². The number of carbonyl (C=O) groups excluding carboxylic acids is 1. The minimum Gasteiger partial charge on any atom is -0.325 e. The van der Waals surface area contributed by atoms with Crippen molar-refractivity contribution in [3.8, 4) is 0 Å². The van der Waals surface area contributed by atoms with Crippen molar-refractivity contribution in [2.24, 2.45) is 5.92 Å². The Hall–Kier alpha value is -0.990. The smallest absolute Gasteiger partial charge is 0.321 e. The zero-order chi connectivity index (χ0) is 11.1. The number of nitrogens with zero attached hydrogens (tertiary/aromatic N) is 1. The van der Waals surface area contributed by atoms with Crippen LogP contribution < -0.4 is 5.32 Å². The van der Waals surface area contributed by atoms with E-state index in [1.165, 1.54) is 25.7 Å². The van der Waals surface area contributed by atoms with E-state index in [0.29, 0.717) is 5.92 Å². The maximum atomic E-state index is 11.5. The second kappa shape index (κ2) is 6.49. The molecule has 0 unspecified atom stereocenters. The van der Waals surface area contributed by atoms with Gasteiger partial charge in [-0.2, -0.15) is 0 Å². The fraction of sp³-hybridized carbons (Fsp3) is 0.750. The van der Waals surface area contributed by atoms with E-state index in [1.807, 2.05) is 20.0 Å². The van der Waals surface area contributed by atoms with Crippen molar-refractivity contribution in [1.82, 2.24) is 10.2 Å². The van der Waals surface area contributed by atoms with Gasteiger partial charge in [0, 0.05) is 19.3 Å². The highest BCUT2D eigenvalue weighted by atomic mass is 16.2. The molecule has 1 fully saturated rings. The molecule has 1 N–H and O–H groups in total. The van der Waals surface area contributed by atoms with Crippen molar-refractivity contribution in [2.45, 2.75) is 39.5 Å². The number of nitrogens with one attached hydrogen (secondary N) is 1. The molecule has 0 aromatic carbocycles. The topological polar surface area (TPSA) is 32.3 Å². The number of carbonyl (C=O) groups is 1. The summed E-state index contributed by atoms with van der Waals surface area (Å²) in [7, 11) is 0. The molecule has 2 amide bonds. The van der Waals surface area contributed by atoms with E-state index in [4.69, 9.17) is 0 Å². The predicted octanol–water partition coefficient (Wildman–Crippen LogP) is 2.74. The minimum absolute atomic E-state index is 0.00856. The van der Waals surface area contributed by atoms with Crippen LogP contribution in [0.2, 0.25) is 0 Å². The summed E-state index contributed by atoms with van der Waals surface area (Å²) in [6.07, 6.45) is 9.16. The molecule has 0 heterocycles. The second-order valence-corrected chi connectivity index (χ2v) is 4.03. The standard InChI is InChI=1S/C12H22N2O/c1-3-14(4-2)12(15)13-10-9-11-7-5-6-8-11/h9-11H,3-8H2,1-2H3,(H,13,15)/b10-9+. The van der Waals surface area contributed by atoms with Crippen LogP contribution >= 0.6 is 0 Å². The monoisotopic (exact) mass is 210 g/mol. The molecule has 1 aliphatic carbocycles. The van der Waals surface area contributed by atoms with Crippen LogP contribution in [0.5, 0.6) is 0 Å². The maximum absolute atomic E-state index is 11.5. The van der Waals surface area contributed by atoms with Gasteiger partial charge in [0.25, 0.3) is 0 Å². The van der Waals surface area contributed by atoms with Gasteiger partial charge in [-0.05, 0) is 32.6 Å². The van der Waals surface area contributed by atoms with Crippen molar-refractivity contribution in [2.75, 3.05) is 13.1 Å². The van der Waals surface area contributed by atoms with Crippen molar-refractivity contribution in [3.63, 3.8) is 0 Å². The molecule has 0 aromatic rings. The number of allylic oxidation sites excluding steroid dienone is 1. The molecule has 0 bridgehead atoms. The van der Waals surface area contributed by atoms with Gasteiger partial charge in [-0.1, -0.05) is 18.9 Å². The minimum atomic E-state index is 0.00856. The third kappa shape index (κ3) is 3.94. The average molecular weight is 210 g/mol. The van der Waals surface area contributed by atoms with E-state index in [0.717, 1.165) is 13.1 Å². The number of urea groups is 1. The molecular formula is C12H22N2O. The van der Waals surface area contributed by atoms with E-state index in [2.05, 4.69) is 11.4 Å². The molecule has 86 valence electrons. The Balaban J connectivity index is 2.25. The van der Waals surface area contributed by atoms with Crippen LogP contribution in [0.3, 0.4) is 0 Å². The van der Waals surface area contributed by atoms with Crippen LogP contribution in [0.15, 0.2) is 12.3 Å². The highest BCUT2D eigenvalue weighted by Crippen LogP contribution is 2.25. The molecule has 3 heteroatoms. The lowest BCUT2D eigenvalue weighted by molar-refractivity contribution is 0.207. The van der Waals surface area contributed by atoms with Gasteiger partial charge in [0.15, 0.2) is 0 Å². The largest absolute Gasteiger partial charge is 0.325 e. The number of hydrogen-bond donors (Lipinski definition) is 1. The predicted molar refractivity (Wildman–Crippen MR) is 62.6 cm³/mol. The summed E-state index contributed by atoms with van der Waals surface area (Å²) < 4.78 is 0. The molecule has 0 aromatic heterocycles. The molecule has 0 aliphatic heterocycles. The summed E-state index contributed by atoms with van der Waals surface area (Å²) >= 11 is 0. The van der Waals surface area contributed by atoms with Crippen molar-refractivity contribution < 1.29 is 4.79 Å². The molecular weight excluding hydrogens is 188 g/mol. The summed E-state index contributed by atoms with van der Waals surface area (Å²) in [6.45, 7) is 5.51. The summed E-state index contributed by atoms with van der Waals surface area (Å²) in [5.74, 6) is 0.682. The third-order valence-corrected chi connectivity index (χ3v) is 3.03. The number of rotatable bonds is 4. The fourth-order valence-corrected chi connectivity index (χ4v) is 2.01. The Bertz CT molecular complexity index is 216. The van der Waals surface area contributed by atoms with E-state index < -0.39 is 0 Å². The SMILES string of the molecule is CCN(CC)C(=O)N/C=C/C1CCCC1. The highest BCUT2D eigenvalue weighted by Gasteiger charge is 2.11. The Labute approximate surface area is 92.5 Å². The molecule has 1 aliphatic rings. The van der Waals surface area contributed by atoms with Crippen molar-refractivity contribution in [3.05, 3.63) is 12.3 Å². The molecule has 3 nitrogen and oxygen atoms in total. The van der Waals surface area contributed by atoms with Gasteiger partial charge in [-0.3, -0.25) is 0 Å². The first-order valence-corrected chi connectivity index (χ1v) is 6.00. The van der Waals surface area contributed by atoms with Crippen LogP contribution in [-0.2, 0) is 0 Å². The van der Waals surface area contributed by atoms with Crippen LogP contribution in [-0.4, -0.2) is 24.0 Å². The second-order valence-electron chi connectivity index (χ2n) is 4.03. The summed E-state index contributed by atoms with van der Waals surface area (Å²) in [6, 6.07) is 0.00856. The first-order valence-electron chi connectivity index (χ1n) is 6.00. The highest BCUT2D eigenvalue weighted by molar-refractivity contribution is 5.75. The Morgan fingerprint density at radius 1 is 1.33 bits per heavy atom. The zero-order valence-corrected chi connectivity index (χ0v) is 9.83. The Kier molecular flexibility index (Phi) is 5.22. The number of hydrogen-bond acceptors (Lipinski definition) is 1. The molecule has 0 radical (unpaired) electrons. The summed E-state index contributed by atoms with van der Waals surface area (Å²) in [5, 5.41) is 2.82. The maximum Gasteiger partial charge on any atom is 0.321 e. The van der Waals surface area contributed by atoms with Crippen molar-refractivity contribution in [1.29, 1.82) is 0 Å². The van der Waals surface area contributed by atoms with Gasteiger partial charge in [0.2, 0.25) is 0 Å². The van der Waals surface area contributed by atoms with Crippen LogP contribution in [0.1, 0.15) is 39.5 Å². The lowest BCUT2D eigenvalue weighted by Gasteiger charge is -2.17. The summed E-state index contributed by atoms with van der Waals surface area (Å²) in [5.41, 5.74) is 0. The molecule has 1 saturated carbocycles. The van der Waals surface area contributed by atoms with Crippen LogP contribution in [0.4, 0.5) is 4.79 Å². The van der Waals surface area contributed by atoms with Gasteiger partial charge in [0.1, 0.15) is 0 Å². The third-order valence-electron chi connectivity index (χ3n) is 3.03. The first kappa shape index (κ1) is 12.1.